The van der Waals surface area contributed by atoms with Crippen molar-refractivity contribution in [1.82, 2.24) is 5.32 Å². The van der Waals surface area contributed by atoms with Gasteiger partial charge in [0.05, 0.1) is 18.5 Å². The van der Waals surface area contributed by atoms with Crippen LogP contribution in [0.5, 0.6) is 5.75 Å². The second kappa shape index (κ2) is 9.60. The number of ether oxygens (including phenoxy) is 1. The molecule has 6 nitrogen and oxygen atoms in total. The van der Waals surface area contributed by atoms with E-state index in [9.17, 15) is 9.59 Å². The van der Waals surface area contributed by atoms with Crippen LogP contribution in [0.4, 0.5) is 17.1 Å². The summed E-state index contributed by atoms with van der Waals surface area (Å²) in [6, 6.07) is 21.4. The van der Waals surface area contributed by atoms with Gasteiger partial charge >= 0.3 is 0 Å². The van der Waals surface area contributed by atoms with Gasteiger partial charge in [0, 0.05) is 11.3 Å². The Labute approximate surface area is 176 Å². The fourth-order valence-electron chi connectivity index (χ4n) is 2.90. The van der Waals surface area contributed by atoms with Gasteiger partial charge in [-0.05, 0) is 62.4 Å². The highest BCUT2D eigenvalue weighted by Gasteiger charge is 2.18. The van der Waals surface area contributed by atoms with E-state index in [0.717, 1.165) is 22.7 Å². The van der Waals surface area contributed by atoms with E-state index >= 15 is 0 Å². The highest BCUT2D eigenvalue weighted by Crippen LogP contribution is 2.26. The molecule has 2 amide bonds. The summed E-state index contributed by atoms with van der Waals surface area (Å²) >= 11 is 0. The van der Waals surface area contributed by atoms with E-state index in [-0.39, 0.29) is 11.8 Å². The number of aryl methyl sites for hydroxylation is 1. The third-order valence-electron chi connectivity index (χ3n) is 4.58. The standard InChI is InChI=1S/C24H25N3O3/c1-16-7-6-8-18(15-16)24(29)25-17(2)23(28)27-22-10-5-4-9-21(22)26-19-11-13-20(30-3)14-12-19/h4-15,17,26H,1-3H3,(H,25,29)(H,27,28). The van der Waals surface area contributed by atoms with E-state index in [0.29, 0.717) is 11.3 Å². The molecule has 0 fully saturated rings. The molecule has 3 aromatic carbocycles. The second-order valence-electron chi connectivity index (χ2n) is 6.95. The van der Waals surface area contributed by atoms with Gasteiger partial charge in [0.1, 0.15) is 11.8 Å². The van der Waals surface area contributed by atoms with Gasteiger partial charge in [-0.3, -0.25) is 9.59 Å². The summed E-state index contributed by atoms with van der Waals surface area (Å²) in [5, 5.41) is 8.90. The van der Waals surface area contributed by atoms with Crippen molar-refractivity contribution in [2.24, 2.45) is 0 Å². The highest BCUT2D eigenvalue weighted by atomic mass is 16.5. The molecule has 1 atom stereocenters. The number of hydrogen-bond donors (Lipinski definition) is 3. The van der Waals surface area contributed by atoms with E-state index in [1.165, 1.54) is 0 Å². The maximum absolute atomic E-state index is 12.7. The van der Waals surface area contributed by atoms with Crippen LogP contribution < -0.4 is 20.7 Å². The predicted molar refractivity (Wildman–Crippen MR) is 119 cm³/mol. The fourth-order valence-corrected chi connectivity index (χ4v) is 2.90. The summed E-state index contributed by atoms with van der Waals surface area (Å²) in [4.78, 5) is 25.1. The molecule has 0 bridgehead atoms. The van der Waals surface area contributed by atoms with Gasteiger partial charge in [-0.15, -0.1) is 0 Å². The zero-order valence-electron chi connectivity index (χ0n) is 17.2. The number of rotatable bonds is 7. The Morgan fingerprint density at radius 3 is 2.27 bits per heavy atom. The molecule has 3 aromatic rings. The molecule has 3 N–H and O–H groups in total. The molecule has 1 unspecified atom stereocenters. The number of hydrogen-bond acceptors (Lipinski definition) is 4. The van der Waals surface area contributed by atoms with Crippen LogP contribution in [0.15, 0.2) is 72.8 Å². The Morgan fingerprint density at radius 2 is 1.60 bits per heavy atom. The number of anilines is 3. The molecule has 6 heteroatoms. The molecule has 0 aliphatic carbocycles. The van der Waals surface area contributed by atoms with Gasteiger partial charge in [0.15, 0.2) is 0 Å². The number of nitrogens with one attached hydrogen (secondary N) is 3. The van der Waals surface area contributed by atoms with Crippen LogP contribution in [0.25, 0.3) is 0 Å². The predicted octanol–water partition coefficient (Wildman–Crippen LogP) is 4.50. The van der Waals surface area contributed by atoms with Crippen molar-refractivity contribution in [1.29, 1.82) is 0 Å². The molecule has 0 saturated heterocycles. The Balaban J connectivity index is 1.66. The average molecular weight is 403 g/mol. The van der Waals surface area contributed by atoms with Gasteiger partial charge in [0.2, 0.25) is 5.91 Å². The molecule has 0 heterocycles. The number of benzene rings is 3. The average Bonchev–Trinajstić information content (AvgIpc) is 2.75. The van der Waals surface area contributed by atoms with Gasteiger partial charge in [-0.1, -0.05) is 29.8 Å². The maximum Gasteiger partial charge on any atom is 0.251 e. The number of amides is 2. The molecule has 0 aromatic heterocycles. The molecule has 0 aliphatic heterocycles. The SMILES string of the molecule is COc1ccc(Nc2ccccc2NC(=O)C(C)NC(=O)c2cccc(C)c2)cc1. The summed E-state index contributed by atoms with van der Waals surface area (Å²) < 4.78 is 5.17. The minimum absolute atomic E-state index is 0.286. The van der Waals surface area contributed by atoms with Crippen molar-refractivity contribution in [3.63, 3.8) is 0 Å². The molecule has 30 heavy (non-hydrogen) atoms. The van der Waals surface area contributed by atoms with Crippen LogP contribution >= 0.6 is 0 Å². The van der Waals surface area contributed by atoms with Crippen molar-refractivity contribution in [2.45, 2.75) is 19.9 Å². The van der Waals surface area contributed by atoms with E-state index in [2.05, 4.69) is 16.0 Å². The van der Waals surface area contributed by atoms with Gasteiger partial charge in [-0.2, -0.15) is 0 Å². The summed E-state index contributed by atoms with van der Waals surface area (Å²) in [6.07, 6.45) is 0. The largest absolute Gasteiger partial charge is 0.497 e. The molecular weight excluding hydrogens is 378 g/mol. The Hall–Kier alpha value is -3.80. The van der Waals surface area contributed by atoms with Crippen LogP contribution in [0, 0.1) is 6.92 Å². The topological polar surface area (TPSA) is 79.5 Å². The molecule has 0 aliphatic rings. The van der Waals surface area contributed by atoms with E-state index < -0.39 is 6.04 Å². The van der Waals surface area contributed by atoms with Crippen molar-refractivity contribution in [2.75, 3.05) is 17.7 Å². The lowest BCUT2D eigenvalue weighted by Gasteiger charge is -2.17. The lowest BCUT2D eigenvalue weighted by molar-refractivity contribution is -0.117. The first-order valence-corrected chi connectivity index (χ1v) is 9.65. The zero-order valence-corrected chi connectivity index (χ0v) is 17.2. The first-order valence-electron chi connectivity index (χ1n) is 9.65. The van der Waals surface area contributed by atoms with E-state index in [4.69, 9.17) is 4.74 Å². The van der Waals surface area contributed by atoms with Gasteiger partial charge in [0.25, 0.3) is 5.91 Å². The normalized spacial score (nSPS) is 11.3. The van der Waals surface area contributed by atoms with Crippen molar-refractivity contribution >= 4 is 28.9 Å². The second-order valence-corrected chi connectivity index (χ2v) is 6.95. The van der Waals surface area contributed by atoms with Crippen molar-refractivity contribution < 1.29 is 14.3 Å². The highest BCUT2D eigenvalue weighted by molar-refractivity contribution is 6.02. The Morgan fingerprint density at radius 1 is 0.900 bits per heavy atom. The summed E-state index contributed by atoms with van der Waals surface area (Å²) in [6.45, 7) is 3.57. The molecule has 0 saturated carbocycles. The lowest BCUT2D eigenvalue weighted by atomic mass is 10.1. The Bertz CT molecular complexity index is 1030. The molecule has 0 spiro atoms. The minimum atomic E-state index is -0.702. The monoisotopic (exact) mass is 403 g/mol. The van der Waals surface area contributed by atoms with E-state index in [1.807, 2.05) is 61.5 Å². The van der Waals surface area contributed by atoms with Gasteiger partial charge < -0.3 is 20.7 Å². The lowest BCUT2D eigenvalue weighted by Crippen LogP contribution is -2.41. The van der Waals surface area contributed by atoms with Gasteiger partial charge in [-0.25, -0.2) is 0 Å². The zero-order chi connectivity index (χ0) is 21.5. The first kappa shape index (κ1) is 20.9. The summed E-state index contributed by atoms with van der Waals surface area (Å²) in [5.74, 6) is 0.172. The molecule has 0 radical (unpaired) electrons. The number of para-hydroxylation sites is 2. The van der Waals surface area contributed by atoms with Crippen molar-refractivity contribution in [3.05, 3.63) is 83.9 Å². The fraction of sp³-hybridized carbons (Fsp3) is 0.167. The van der Waals surface area contributed by atoms with Crippen LogP contribution in [0.3, 0.4) is 0 Å². The minimum Gasteiger partial charge on any atom is -0.497 e. The molecular formula is C24H25N3O3. The van der Waals surface area contributed by atoms with Crippen LogP contribution in [0.2, 0.25) is 0 Å². The van der Waals surface area contributed by atoms with Crippen LogP contribution in [-0.4, -0.2) is 25.0 Å². The summed E-state index contributed by atoms with van der Waals surface area (Å²) in [7, 11) is 1.62. The third-order valence-corrected chi connectivity index (χ3v) is 4.58. The van der Waals surface area contributed by atoms with Crippen molar-refractivity contribution in [3.8, 4) is 5.75 Å². The quantitative estimate of drug-likeness (QED) is 0.543. The van der Waals surface area contributed by atoms with E-state index in [1.54, 1.807) is 32.2 Å². The van der Waals surface area contributed by atoms with Crippen LogP contribution in [-0.2, 0) is 4.79 Å². The maximum atomic E-state index is 12.7. The van der Waals surface area contributed by atoms with Crippen LogP contribution in [0.1, 0.15) is 22.8 Å². The number of carbonyl (C=O) groups excluding carboxylic acids is 2. The summed E-state index contributed by atoms with van der Waals surface area (Å²) in [5.41, 5.74) is 3.73. The first-order chi connectivity index (χ1) is 14.5. The smallest absolute Gasteiger partial charge is 0.251 e. The third kappa shape index (κ3) is 5.38. The molecule has 154 valence electrons. The number of carbonyl (C=O) groups is 2. The Kier molecular flexibility index (Phi) is 6.70. The number of methoxy groups -OCH3 is 1. The molecule has 3 rings (SSSR count).